The number of nitrogens with one attached hydrogen (secondary N) is 2. The quantitative estimate of drug-likeness (QED) is 0.670. The molecule has 0 fully saturated rings. The molecule has 0 aliphatic carbocycles. The second kappa shape index (κ2) is 9.08. The van der Waals surface area contributed by atoms with Crippen LogP contribution in [0.2, 0.25) is 0 Å². The van der Waals surface area contributed by atoms with Crippen LogP contribution in [0.3, 0.4) is 0 Å². The highest BCUT2D eigenvalue weighted by Crippen LogP contribution is 2.21. The van der Waals surface area contributed by atoms with Gasteiger partial charge in [0.15, 0.2) is 0 Å². The van der Waals surface area contributed by atoms with E-state index in [-0.39, 0.29) is 0 Å². The fourth-order valence-corrected chi connectivity index (χ4v) is 2.43. The molecule has 1 aromatic carbocycles. The lowest BCUT2D eigenvalue weighted by Gasteiger charge is -2.09. The Balaban J connectivity index is 2.12. The first-order valence-corrected chi connectivity index (χ1v) is 8.03. The number of hydrogen-bond acceptors (Lipinski definition) is 2. The molecule has 0 radical (unpaired) electrons. The highest BCUT2D eigenvalue weighted by Gasteiger charge is 2.00. The van der Waals surface area contributed by atoms with Gasteiger partial charge in [-0.15, -0.1) is 0 Å². The molecule has 0 saturated carbocycles. The molecule has 0 aliphatic heterocycles. The van der Waals surface area contributed by atoms with Crippen LogP contribution in [-0.2, 0) is 6.54 Å². The maximum atomic E-state index is 3.57. The van der Waals surface area contributed by atoms with Crippen LogP contribution >= 0.6 is 31.9 Å². The minimum atomic E-state index is 0.732. The SMILES string of the molecule is CC(C)CNCCCNCc1cc(Br)ccc1Br. The highest BCUT2D eigenvalue weighted by atomic mass is 79.9. The summed E-state index contributed by atoms with van der Waals surface area (Å²) in [5.74, 6) is 0.732. The van der Waals surface area contributed by atoms with Crippen LogP contribution in [0, 0.1) is 5.92 Å². The summed E-state index contributed by atoms with van der Waals surface area (Å²) in [6.07, 6.45) is 1.17. The standard InChI is InChI=1S/C14H22Br2N2/c1-11(2)9-17-6-3-7-18-10-12-8-13(15)4-5-14(12)16/h4-5,8,11,17-18H,3,6-7,9-10H2,1-2H3. The Morgan fingerprint density at radius 2 is 1.83 bits per heavy atom. The van der Waals surface area contributed by atoms with Crippen molar-refractivity contribution in [3.05, 3.63) is 32.7 Å². The van der Waals surface area contributed by atoms with Gasteiger partial charge in [0.05, 0.1) is 0 Å². The van der Waals surface area contributed by atoms with Crippen molar-refractivity contribution in [1.82, 2.24) is 10.6 Å². The molecule has 0 aromatic heterocycles. The molecule has 102 valence electrons. The summed E-state index contributed by atoms with van der Waals surface area (Å²) in [6.45, 7) is 8.61. The van der Waals surface area contributed by atoms with E-state index in [1.807, 2.05) is 6.07 Å². The van der Waals surface area contributed by atoms with Crippen LogP contribution in [0.4, 0.5) is 0 Å². The van der Waals surface area contributed by atoms with Gasteiger partial charge in [0, 0.05) is 15.5 Å². The van der Waals surface area contributed by atoms with Crippen LogP contribution in [0.5, 0.6) is 0 Å². The van der Waals surface area contributed by atoms with E-state index in [1.54, 1.807) is 0 Å². The van der Waals surface area contributed by atoms with E-state index in [0.29, 0.717) is 0 Å². The summed E-state index contributed by atoms with van der Waals surface area (Å²) in [6, 6.07) is 6.27. The minimum absolute atomic E-state index is 0.732. The molecule has 4 heteroatoms. The van der Waals surface area contributed by atoms with Gasteiger partial charge in [-0.25, -0.2) is 0 Å². The van der Waals surface area contributed by atoms with Gasteiger partial charge < -0.3 is 10.6 Å². The third-order valence-electron chi connectivity index (χ3n) is 2.58. The first-order chi connectivity index (χ1) is 8.59. The smallest absolute Gasteiger partial charge is 0.0221 e. The van der Waals surface area contributed by atoms with Crippen molar-refractivity contribution in [3.63, 3.8) is 0 Å². The fraction of sp³-hybridized carbons (Fsp3) is 0.571. The Bertz CT molecular complexity index is 354. The van der Waals surface area contributed by atoms with E-state index in [9.17, 15) is 0 Å². The summed E-state index contributed by atoms with van der Waals surface area (Å²) in [7, 11) is 0. The first kappa shape index (κ1) is 16.2. The van der Waals surface area contributed by atoms with Gasteiger partial charge in [0.2, 0.25) is 0 Å². The minimum Gasteiger partial charge on any atom is -0.316 e. The van der Waals surface area contributed by atoms with Crippen LogP contribution in [0.25, 0.3) is 0 Å². The number of rotatable bonds is 8. The predicted molar refractivity (Wildman–Crippen MR) is 85.9 cm³/mol. The third kappa shape index (κ3) is 6.88. The molecule has 0 amide bonds. The van der Waals surface area contributed by atoms with Crippen LogP contribution in [0.1, 0.15) is 25.8 Å². The van der Waals surface area contributed by atoms with E-state index in [1.165, 1.54) is 12.0 Å². The molecule has 18 heavy (non-hydrogen) atoms. The molecule has 2 N–H and O–H groups in total. The molecule has 0 heterocycles. The molecule has 0 unspecified atom stereocenters. The van der Waals surface area contributed by atoms with Gasteiger partial charge in [-0.3, -0.25) is 0 Å². The summed E-state index contributed by atoms with van der Waals surface area (Å²) < 4.78 is 2.29. The van der Waals surface area contributed by atoms with Gasteiger partial charge >= 0.3 is 0 Å². The molecule has 1 rings (SSSR count). The van der Waals surface area contributed by atoms with Crippen molar-refractivity contribution in [2.24, 2.45) is 5.92 Å². The molecule has 1 aromatic rings. The summed E-state index contributed by atoms with van der Waals surface area (Å²) >= 11 is 7.06. The number of benzene rings is 1. The first-order valence-electron chi connectivity index (χ1n) is 6.45. The van der Waals surface area contributed by atoms with Crippen LogP contribution in [-0.4, -0.2) is 19.6 Å². The molecule has 0 spiro atoms. The van der Waals surface area contributed by atoms with Crippen LogP contribution < -0.4 is 10.6 Å². The Morgan fingerprint density at radius 1 is 1.11 bits per heavy atom. The normalized spacial score (nSPS) is 11.2. The van der Waals surface area contributed by atoms with Crippen molar-refractivity contribution in [3.8, 4) is 0 Å². The largest absolute Gasteiger partial charge is 0.316 e. The summed E-state index contributed by atoms with van der Waals surface area (Å²) in [4.78, 5) is 0. The maximum Gasteiger partial charge on any atom is 0.0221 e. The number of halogens is 2. The van der Waals surface area contributed by atoms with Crippen LogP contribution in [0.15, 0.2) is 27.1 Å². The van der Waals surface area contributed by atoms with Crippen molar-refractivity contribution in [2.75, 3.05) is 19.6 Å². The third-order valence-corrected chi connectivity index (χ3v) is 3.85. The molecule has 2 nitrogen and oxygen atoms in total. The lowest BCUT2D eigenvalue weighted by molar-refractivity contribution is 0.530. The van der Waals surface area contributed by atoms with E-state index in [2.05, 4.69) is 68.5 Å². The average Bonchev–Trinajstić information content (AvgIpc) is 2.32. The van der Waals surface area contributed by atoms with Gasteiger partial charge in [-0.05, 0) is 55.7 Å². The Hall–Kier alpha value is 0.1000. The zero-order valence-electron chi connectivity index (χ0n) is 11.1. The molecular formula is C14H22Br2N2. The fourth-order valence-electron chi connectivity index (χ4n) is 1.63. The monoisotopic (exact) mass is 376 g/mol. The van der Waals surface area contributed by atoms with Gasteiger partial charge in [0.25, 0.3) is 0 Å². The summed E-state index contributed by atoms with van der Waals surface area (Å²) in [5, 5.41) is 6.91. The lowest BCUT2D eigenvalue weighted by atomic mass is 10.2. The summed E-state index contributed by atoms with van der Waals surface area (Å²) in [5.41, 5.74) is 1.29. The van der Waals surface area contributed by atoms with Gasteiger partial charge in [-0.2, -0.15) is 0 Å². The van der Waals surface area contributed by atoms with Gasteiger partial charge in [-0.1, -0.05) is 45.7 Å². The zero-order chi connectivity index (χ0) is 13.4. The highest BCUT2D eigenvalue weighted by molar-refractivity contribution is 9.11. The Kier molecular flexibility index (Phi) is 8.15. The van der Waals surface area contributed by atoms with E-state index >= 15 is 0 Å². The zero-order valence-corrected chi connectivity index (χ0v) is 14.3. The van der Waals surface area contributed by atoms with Gasteiger partial charge in [0.1, 0.15) is 0 Å². The van der Waals surface area contributed by atoms with E-state index in [4.69, 9.17) is 0 Å². The van der Waals surface area contributed by atoms with E-state index < -0.39 is 0 Å². The van der Waals surface area contributed by atoms with E-state index in [0.717, 1.165) is 41.0 Å². The van der Waals surface area contributed by atoms with Crippen molar-refractivity contribution in [1.29, 1.82) is 0 Å². The molecule has 0 saturated heterocycles. The lowest BCUT2D eigenvalue weighted by Crippen LogP contribution is -2.24. The van der Waals surface area contributed by atoms with Crippen molar-refractivity contribution < 1.29 is 0 Å². The number of hydrogen-bond donors (Lipinski definition) is 2. The molecular weight excluding hydrogens is 356 g/mol. The van der Waals surface area contributed by atoms with Crippen molar-refractivity contribution in [2.45, 2.75) is 26.8 Å². The maximum absolute atomic E-state index is 3.57. The second-order valence-electron chi connectivity index (χ2n) is 4.86. The Labute approximate surface area is 127 Å². The second-order valence-corrected chi connectivity index (χ2v) is 6.63. The average molecular weight is 378 g/mol. The topological polar surface area (TPSA) is 24.1 Å². The molecule has 0 bridgehead atoms. The predicted octanol–water partition coefficient (Wildman–Crippen LogP) is 3.94. The Morgan fingerprint density at radius 3 is 2.56 bits per heavy atom. The molecule has 0 atom stereocenters. The molecule has 0 aliphatic rings. The van der Waals surface area contributed by atoms with Crippen molar-refractivity contribution >= 4 is 31.9 Å².